The Balaban J connectivity index is 2.06. The molecule has 94 valence electrons. The Morgan fingerprint density at radius 1 is 1.39 bits per heavy atom. The standard InChI is InChI=1S/C14H16N2O2/c1-15-8-13-12-5-3-9-7-10(17-2)4-6-11(9)14(12)18-16-13/h4,6-7,15H,3,5,8H2,1-2H3. The van der Waals surface area contributed by atoms with Gasteiger partial charge in [0.05, 0.1) is 7.11 Å². The summed E-state index contributed by atoms with van der Waals surface area (Å²) in [6, 6.07) is 6.10. The molecule has 4 nitrogen and oxygen atoms in total. The molecule has 0 saturated heterocycles. The van der Waals surface area contributed by atoms with Gasteiger partial charge < -0.3 is 14.6 Å². The molecule has 0 radical (unpaired) electrons. The molecule has 0 unspecified atom stereocenters. The normalized spacial score (nSPS) is 13.0. The van der Waals surface area contributed by atoms with E-state index in [0.717, 1.165) is 42.2 Å². The van der Waals surface area contributed by atoms with Crippen LogP contribution < -0.4 is 10.1 Å². The second-order valence-electron chi connectivity index (χ2n) is 4.49. The number of ether oxygens (including phenoxy) is 1. The Morgan fingerprint density at radius 3 is 3.06 bits per heavy atom. The van der Waals surface area contributed by atoms with E-state index in [-0.39, 0.29) is 0 Å². The fourth-order valence-electron chi connectivity index (χ4n) is 2.50. The number of hydrogen-bond acceptors (Lipinski definition) is 4. The van der Waals surface area contributed by atoms with Gasteiger partial charge in [0, 0.05) is 17.7 Å². The number of benzene rings is 1. The van der Waals surface area contributed by atoms with Gasteiger partial charge in [0.25, 0.3) is 0 Å². The summed E-state index contributed by atoms with van der Waals surface area (Å²) in [5.74, 6) is 1.82. The predicted molar refractivity (Wildman–Crippen MR) is 68.7 cm³/mol. The fraction of sp³-hybridized carbons (Fsp3) is 0.357. The van der Waals surface area contributed by atoms with Crippen molar-refractivity contribution in [2.45, 2.75) is 19.4 Å². The number of methoxy groups -OCH3 is 1. The number of rotatable bonds is 3. The molecule has 0 saturated carbocycles. The van der Waals surface area contributed by atoms with Gasteiger partial charge in [0.1, 0.15) is 11.4 Å². The van der Waals surface area contributed by atoms with Crippen molar-refractivity contribution in [2.24, 2.45) is 0 Å². The zero-order valence-electron chi connectivity index (χ0n) is 10.6. The van der Waals surface area contributed by atoms with Crippen LogP contribution in [0.3, 0.4) is 0 Å². The average Bonchev–Trinajstić information content (AvgIpc) is 2.82. The molecule has 3 rings (SSSR count). The maximum atomic E-state index is 5.51. The summed E-state index contributed by atoms with van der Waals surface area (Å²) in [5, 5.41) is 7.28. The maximum absolute atomic E-state index is 5.51. The lowest BCUT2D eigenvalue weighted by molar-refractivity contribution is 0.412. The summed E-state index contributed by atoms with van der Waals surface area (Å²) >= 11 is 0. The lowest BCUT2D eigenvalue weighted by atomic mass is 9.89. The summed E-state index contributed by atoms with van der Waals surface area (Å²) in [7, 11) is 3.61. The van der Waals surface area contributed by atoms with Crippen LogP contribution in [0.5, 0.6) is 5.75 Å². The van der Waals surface area contributed by atoms with Crippen LogP contribution in [-0.4, -0.2) is 19.3 Å². The minimum absolute atomic E-state index is 0.754. The van der Waals surface area contributed by atoms with Gasteiger partial charge in [0.15, 0.2) is 5.76 Å². The Labute approximate surface area is 106 Å². The van der Waals surface area contributed by atoms with E-state index >= 15 is 0 Å². The highest BCUT2D eigenvalue weighted by Gasteiger charge is 2.24. The van der Waals surface area contributed by atoms with Gasteiger partial charge in [-0.3, -0.25) is 0 Å². The number of aromatic nitrogens is 1. The molecule has 1 aliphatic rings. The van der Waals surface area contributed by atoms with Crippen molar-refractivity contribution < 1.29 is 9.26 Å². The molecule has 0 bridgehead atoms. The number of fused-ring (bicyclic) bond motifs is 3. The molecular weight excluding hydrogens is 228 g/mol. The average molecular weight is 244 g/mol. The van der Waals surface area contributed by atoms with E-state index in [9.17, 15) is 0 Å². The van der Waals surface area contributed by atoms with E-state index < -0.39 is 0 Å². The Morgan fingerprint density at radius 2 is 2.28 bits per heavy atom. The second-order valence-corrected chi connectivity index (χ2v) is 4.49. The van der Waals surface area contributed by atoms with Crippen LogP contribution in [0, 0.1) is 0 Å². The molecule has 1 heterocycles. The van der Waals surface area contributed by atoms with Crippen molar-refractivity contribution in [3.8, 4) is 17.1 Å². The summed E-state index contributed by atoms with van der Waals surface area (Å²) in [6.45, 7) is 0.754. The number of nitrogens with zero attached hydrogens (tertiary/aromatic N) is 1. The van der Waals surface area contributed by atoms with Crippen LogP contribution in [0.15, 0.2) is 22.7 Å². The molecule has 0 spiro atoms. The number of hydrogen-bond donors (Lipinski definition) is 1. The highest BCUT2D eigenvalue weighted by atomic mass is 16.5. The van der Waals surface area contributed by atoms with Crippen molar-refractivity contribution >= 4 is 0 Å². The van der Waals surface area contributed by atoms with Crippen LogP contribution in [0.2, 0.25) is 0 Å². The van der Waals surface area contributed by atoms with E-state index in [1.165, 1.54) is 11.1 Å². The first-order valence-corrected chi connectivity index (χ1v) is 6.12. The van der Waals surface area contributed by atoms with Crippen molar-refractivity contribution in [3.05, 3.63) is 35.0 Å². The summed E-state index contributed by atoms with van der Waals surface area (Å²) in [5.41, 5.74) is 4.68. The first kappa shape index (κ1) is 11.3. The zero-order valence-corrected chi connectivity index (χ0v) is 10.6. The van der Waals surface area contributed by atoms with Gasteiger partial charge in [-0.25, -0.2) is 0 Å². The van der Waals surface area contributed by atoms with Gasteiger partial charge >= 0.3 is 0 Å². The van der Waals surface area contributed by atoms with Crippen LogP contribution in [0.1, 0.15) is 16.8 Å². The third kappa shape index (κ3) is 1.69. The highest BCUT2D eigenvalue weighted by Crippen LogP contribution is 2.36. The third-order valence-electron chi connectivity index (χ3n) is 3.42. The topological polar surface area (TPSA) is 47.3 Å². The Kier molecular flexibility index (Phi) is 2.80. The quantitative estimate of drug-likeness (QED) is 0.899. The molecule has 0 fully saturated rings. The third-order valence-corrected chi connectivity index (χ3v) is 3.42. The predicted octanol–water partition coefficient (Wildman–Crippen LogP) is 2.17. The Bertz CT molecular complexity index is 575. The Hall–Kier alpha value is -1.81. The van der Waals surface area contributed by atoms with Crippen LogP contribution in [0.25, 0.3) is 11.3 Å². The highest BCUT2D eigenvalue weighted by molar-refractivity contribution is 5.69. The summed E-state index contributed by atoms with van der Waals surface area (Å²) in [6.07, 6.45) is 1.99. The van der Waals surface area contributed by atoms with Gasteiger partial charge in [-0.15, -0.1) is 0 Å². The van der Waals surface area contributed by atoms with Crippen LogP contribution >= 0.6 is 0 Å². The fourth-order valence-corrected chi connectivity index (χ4v) is 2.50. The van der Waals surface area contributed by atoms with Gasteiger partial charge in [-0.2, -0.15) is 0 Å². The number of aryl methyl sites for hydroxylation is 1. The largest absolute Gasteiger partial charge is 0.497 e. The molecule has 1 aromatic carbocycles. The summed E-state index contributed by atoms with van der Waals surface area (Å²) < 4.78 is 10.8. The SMILES string of the molecule is CNCc1noc2c1CCc1cc(OC)ccc1-2. The molecule has 0 atom stereocenters. The van der Waals surface area contributed by atoms with Crippen molar-refractivity contribution in [3.63, 3.8) is 0 Å². The van der Waals surface area contributed by atoms with Gasteiger partial charge in [-0.1, -0.05) is 5.16 Å². The maximum Gasteiger partial charge on any atom is 0.170 e. The smallest absolute Gasteiger partial charge is 0.170 e. The summed E-state index contributed by atoms with van der Waals surface area (Å²) in [4.78, 5) is 0. The first-order chi connectivity index (χ1) is 8.83. The van der Waals surface area contributed by atoms with E-state index in [1.54, 1.807) is 7.11 Å². The van der Waals surface area contributed by atoms with Crippen LogP contribution in [0.4, 0.5) is 0 Å². The second kappa shape index (κ2) is 4.46. The van der Waals surface area contributed by atoms with Crippen molar-refractivity contribution in [1.82, 2.24) is 10.5 Å². The molecular formula is C14H16N2O2. The lowest BCUT2D eigenvalue weighted by Crippen LogP contribution is -2.10. The van der Waals surface area contributed by atoms with E-state index in [2.05, 4.69) is 22.6 Å². The van der Waals surface area contributed by atoms with Crippen molar-refractivity contribution in [1.29, 1.82) is 0 Å². The van der Waals surface area contributed by atoms with E-state index in [0.29, 0.717) is 0 Å². The van der Waals surface area contributed by atoms with Crippen molar-refractivity contribution in [2.75, 3.05) is 14.2 Å². The molecule has 0 aliphatic heterocycles. The molecule has 1 aliphatic carbocycles. The minimum Gasteiger partial charge on any atom is -0.497 e. The molecule has 2 aromatic rings. The molecule has 0 amide bonds. The minimum atomic E-state index is 0.754. The van der Waals surface area contributed by atoms with Gasteiger partial charge in [-0.05, 0) is 43.7 Å². The first-order valence-electron chi connectivity index (χ1n) is 6.12. The monoisotopic (exact) mass is 244 g/mol. The lowest BCUT2D eigenvalue weighted by Gasteiger charge is -2.15. The zero-order chi connectivity index (χ0) is 12.5. The van der Waals surface area contributed by atoms with E-state index in [4.69, 9.17) is 9.26 Å². The molecule has 1 aromatic heterocycles. The molecule has 1 N–H and O–H groups in total. The number of nitrogens with one attached hydrogen (secondary N) is 1. The molecule has 4 heteroatoms. The van der Waals surface area contributed by atoms with Gasteiger partial charge in [0.2, 0.25) is 0 Å². The van der Waals surface area contributed by atoms with E-state index in [1.807, 2.05) is 13.1 Å². The van der Waals surface area contributed by atoms with Crippen LogP contribution in [-0.2, 0) is 19.4 Å². The molecule has 18 heavy (non-hydrogen) atoms.